The lowest BCUT2D eigenvalue weighted by Crippen LogP contribution is -2.06. The van der Waals surface area contributed by atoms with Crippen molar-refractivity contribution in [3.8, 4) is 0 Å². The van der Waals surface area contributed by atoms with E-state index in [9.17, 15) is 0 Å². The molecule has 0 bridgehead atoms. The summed E-state index contributed by atoms with van der Waals surface area (Å²) < 4.78 is 4.93. The molecule has 0 aliphatic heterocycles. The second-order valence-corrected chi connectivity index (χ2v) is 2.27. The lowest BCUT2D eigenvalue weighted by atomic mass is 10.2. The standard InChI is InChI=1S/C9H17NO/c1-4-6-9(10-2)7-5-8-11-3/h4,6,10H,1,5,7-8H2,2-3H3/b9-6+. The maximum absolute atomic E-state index is 4.93. The number of methoxy groups -OCH3 is 1. The highest BCUT2D eigenvalue weighted by atomic mass is 16.5. The monoisotopic (exact) mass is 155 g/mol. The van der Waals surface area contributed by atoms with Gasteiger partial charge in [-0.2, -0.15) is 0 Å². The SMILES string of the molecule is C=C/C=C(\CCCOC)NC. The van der Waals surface area contributed by atoms with E-state index in [4.69, 9.17) is 4.74 Å². The van der Waals surface area contributed by atoms with Crippen molar-refractivity contribution in [2.75, 3.05) is 20.8 Å². The number of rotatable bonds is 6. The summed E-state index contributed by atoms with van der Waals surface area (Å²) in [6.07, 6.45) is 5.85. The Balaban J connectivity index is 3.52. The van der Waals surface area contributed by atoms with Crippen molar-refractivity contribution in [2.45, 2.75) is 12.8 Å². The Morgan fingerprint density at radius 2 is 2.36 bits per heavy atom. The fourth-order valence-electron chi connectivity index (χ4n) is 0.841. The third-order valence-corrected chi connectivity index (χ3v) is 1.43. The van der Waals surface area contributed by atoms with Crippen LogP contribution < -0.4 is 5.32 Å². The maximum Gasteiger partial charge on any atom is 0.0465 e. The Kier molecular flexibility index (Phi) is 6.84. The molecule has 0 aromatic rings. The Morgan fingerprint density at radius 1 is 1.64 bits per heavy atom. The van der Waals surface area contributed by atoms with Crippen molar-refractivity contribution < 1.29 is 4.74 Å². The first-order valence-electron chi connectivity index (χ1n) is 3.83. The molecule has 0 amide bonds. The minimum absolute atomic E-state index is 0.816. The molecule has 0 saturated heterocycles. The quantitative estimate of drug-likeness (QED) is 0.465. The minimum Gasteiger partial charge on any atom is -0.391 e. The second kappa shape index (κ2) is 7.35. The molecule has 64 valence electrons. The summed E-state index contributed by atoms with van der Waals surface area (Å²) in [7, 11) is 3.64. The van der Waals surface area contributed by atoms with Gasteiger partial charge in [0.25, 0.3) is 0 Å². The van der Waals surface area contributed by atoms with Gasteiger partial charge < -0.3 is 10.1 Å². The molecule has 0 spiro atoms. The summed E-state index contributed by atoms with van der Waals surface area (Å²) in [5, 5.41) is 3.10. The number of ether oxygens (including phenoxy) is 1. The minimum atomic E-state index is 0.816. The Bertz CT molecular complexity index is 130. The van der Waals surface area contributed by atoms with Gasteiger partial charge in [0, 0.05) is 26.5 Å². The van der Waals surface area contributed by atoms with Crippen molar-refractivity contribution >= 4 is 0 Å². The van der Waals surface area contributed by atoms with E-state index in [-0.39, 0.29) is 0 Å². The van der Waals surface area contributed by atoms with Crippen molar-refractivity contribution in [3.05, 3.63) is 24.4 Å². The zero-order chi connectivity index (χ0) is 8.53. The summed E-state index contributed by atoms with van der Waals surface area (Å²) in [5.41, 5.74) is 1.21. The first-order valence-corrected chi connectivity index (χ1v) is 3.83. The highest BCUT2D eigenvalue weighted by Gasteiger charge is 1.91. The Morgan fingerprint density at radius 3 is 2.82 bits per heavy atom. The zero-order valence-corrected chi connectivity index (χ0v) is 7.39. The molecule has 0 aliphatic carbocycles. The fourth-order valence-corrected chi connectivity index (χ4v) is 0.841. The van der Waals surface area contributed by atoms with E-state index in [1.54, 1.807) is 13.2 Å². The van der Waals surface area contributed by atoms with Crippen LogP contribution in [0, 0.1) is 0 Å². The van der Waals surface area contributed by atoms with Crippen molar-refractivity contribution in [2.24, 2.45) is 0 Å². The maximum atomic E-state index is 4.93. The summed E-state index contributed by atoms with van der Waals surface area (Å²) in [6, 6.07) is 0. The molecule has 0 aromatic heterocycles. The lowest BCUT2D eigenvalue weighted by molar-refractivity contribution is 0.194. The van der Waals surface area contributed by atoms with Gasteiger partial charge in [0.2, 0.25) is 0 Å². The van der Waals surface area contributed by atoms with Crippen LogP contribution in [0.5, 0.6) is 0 Å². The van der Waals surface area contributed by atoms with E-state index in [2.05, 4.69) is 11.9 Å². The van der Waals surface area contributed by atoms with Crippen LogP contribution in [0.4, 0.5) is 0 Å². The van der Waals surface area contributed by atoms with Gasteiger partial charge >= 0.3 is 0 Å². The first kappa shape index (κ1) is 10.2. The summed E-state index contributed by atoms with van der Waals surface area (Å²) in [4.78, 5) is 0. The zero-order valence-electron chi connectivity index (χ0n) is 7.39. The predicted octanol–water partition coefficient (Wildman–Crippen LogP) is 1.70. The summed E-state index contributed by atoms with van der Waals surface area (Å²) in [5.74, 6) is 0. The van der Waals surface area contributed by atoms with Crippen LogP contribution in [0.3, 0.4) is 0 Å². The van der Waals surface area contributed by atoms with Gasteiger partial charge in [0.05, 0.1) is 0 Å². The molecule has 0 fully saturated rings. The molecule has 0 aliphatic rings. The topological polar surface area (TPSA) is 21.3 Å². The van der Waals surface area contributed by atoms with Gasteiger partial charge in [-0.3, -0.25) is 0 Å². The molecule has 0 unspecified atom stereocenters. The number of hydrogen-bond acceptors (Lipinski definition) is 2. The molecular weight excluding hydrogens is 138 g/mol. The molecule has 0 radical (unpaired) electrons. The molecule has 0 heterocycles. The third-order valence-electron chi connectivity index (χ3n) is 1.43. The smallest absolute Gasteiger partial charge is 0.0465 e. The average molecular weight is 155 g/mol. The van der Waals surface area contributed by atoms with Crippen LogP contribution in [-0.2, 0) is 4.74 Å². The van der Waals surface area contributed by atoms with Crippen LogP contribution in [0.2, 0.25) is 0 Å². The highest BCUT2D eigenvalue weighted by Crippen LogP contribution is 2.00. The number of nitrogens with one attached hydrogen (secondary N) is 1. The molecule has 11 heavy (non-hydrogen) atoms. The van der Waals surface area contributed by atoms with Crippen LogP contribution in [0.25, 0.3) is 0 Å². The van der Waals surface area contributed by atoms with E-state index >= 15 is 0 Å². The van der Waals surface area contributed by atoms with Crippen molar-refractivity contribution in [1.29, 1.82) is 0 Å². The van der Waals surface area contributed by atoms with E-state index in [0.29, 0.717) is 0 Å². The largest absolute Gasteiger partial charge is 0.391 e. The van der Waals surface area contributed by atoms with Gasteiger partial charge in [0.1, 0.15) is 0 Å². The molecule has 2 heteroatoms. The fraction of sp³-hybridized carbons (Fsp3) is 0.556. The molecule has 0 rings (SSSR count). The molecule has 0 aromatic carbocycles. The molecule has 1 N–H and O–H groups in total. The first-order chi connectivity index (χ1) is 5.35. The van der Waals surface area contributed by atoms with Gasteiger partial charge in [-0.05, 0) is 18.9 Å². The molecule has 2 nitrogen and oxygen atoms in total. The lowest BCUT2D eigenvalue weighted by Gasteiger charge is -2.04. The van der Waals surface area contributed by atoms with Crippen molar-refractivity contribution in [3.63, 3.8) is 0 Å². The van der Waals surface area contributed by atoms with Crippen LogP contribution in [0.1, 0.15) is 12.8 Å². The van der Waals surface area contributed by atoms with Crippen LogP contribution in [-0.4, -0.2) is 20.8 Å². The second-order valence-electron chi connectivity index (χ2n) is 2.27. The van der Waals surface area contributed by atoms with Gasteiger partial charge in [-0.25, -0.2) is 0 Å². The predicted molar refractivity (Wildman–Crippen MR) is 48.4 cm³/mol. The number of hydrogen-bond donors (Lipinski definition) is 1. The molecule has 0 saturated carbocycles. The van der Waals surface area contributed by atoms with Gasteiger partial charge in [-0.15, -0.1) is 0 Å². The van der Waals surface area contributed by atoms with Gasteiger partial charge in [0.15, 0.2) is 0 Å². The van der Waals surface area contributed by atoms with Crippen LogP contribution >= 0.6 is 0 Å². The van der Waals surface area contributed by atoms with Crippen molar-refractivity contribution in [1.82, 2.24) is 5.32 Å². The summed E-state index contributed by atoms with van der Waals surface area (Å²) >= 11 is 0. The third kappa shape index (κ3) is 5.67. The van der Waals surface area contributed by atoms with E-state index in [1.165, 1.54) is 5.70 Å². The Labute approximate surface area is 68.9 Å². The van der Waals surface area contributed by atoms with Gasteiger partial charge in [-0.1, -0.05) is 12.7 Å². The average Bonchev–Trinajstić information content (AvgIpc) is 2.03. The van der Waals surface area contributed by atoms with Crippen LogP contribution in [0.15, 0.2) is 24.4 Å². The summed E-state index contributed by atoms with van der Waals surface area (Å²) in [6.45, 7) is 4.44. The highest BCUT2D eigenvalue weighted by molar-refractivity contribution is 5.07. The molecule has 0 atom stereocenters. The Hall–Kier alpha value is -0.760. The van der Waals surface area contributed by atoms with E-state index < -0.39 is 0 Å². The normalized spacial score (nSPS) is 11.3. The number of allylic oxidation sites excluding steroid dienone is 3. The van der Waals surface area contributed by atoms with E-state index in [0.717, 1.165) is 19.4 Å². The molecular formula is C9H17NO. The van der Waals surface area contributed by atoms with E-state index in [1.807, 2.05) is 13.1 Å².